The maximum absolute atomic E-state index is 11.3. The maximum atomic E-state index is 11.3. The SMILES string of the molecule is CNC(=O)Cc1ccc(CCOc2ccc(C)cc2C)cc1. The second-order valence-corrected chi connectivity index (χ2v) is 5.53. The molecule has 0 heterocycles. The molecule has 0 spiro atoms. The van der Waals surface area contributed by atoms with Crippen molar-refractivity contribution in [2.24, 2.45) is 0 Å². The van der Waals surface area contributed by atoms with Gasteiger partial charge in [-0.2, -0.15) is 0 Å². The number of hydrogen-bond acceptors (Lipinski definition) is 2. The number of nitrogens with one attached hydrogen (secondary N) is 1. The van der Waals surface area contributed by atoms with Crippen molar-refractivity contribution in [1.82, 2.24) is 5.32 Å². The highest BCUT2D eigenvalue weighted by Gasteiger charge is 2.02. The van der Waals surface area contributed by atoms with Crippen LogP contribution in [0.25, 0.3) is 0 Å². The fourth-order valence-corrected chi connectivity index (χ4v) is 2.34. The van der Waals surface area contributed by atoms with Gasteiger partial charge in [0.05, 0.1) is 13.0 Å². The van der Waals surface area contributed by atoms with Crippen LogP contribution in [0.2, 0.25) is 0 Å². The summed E-state index contributed by atoms with van der Waals surface area (Å²) in [7, 11) is 1.65. The summed E-state index contributed by atoms with van der Waals surface area (Å²) in [5.41, 5.74) is 4.65. The van der Waals surface area contributed by atoms with Crippen molar-refractivity contribution in [3.63, 3.8) is 0 Å². The molecule has 3 heteroatoms. The number of amides is 1. The lowest BCUT2D eigenvalue weighted by molar-refractivity contribution is -0.119. The summed E-state index contributed by atoms with van der Waals surface area (Å²) in [4.78, 5) is 11.3. The number of hydrogen-bond donors (Lipinski definition) is 1. The molecule has 0 fully saturated rings. The summed E-state index contributed by atoms with van der Waals surface area (Å²) in [6.45, 7) is 4.80. The lowest BCUT2D eigenvalue weighted by Gasteiger charge is -2.10. The highest BCUT2D eigenvalue weighted by atomic mass is 16.5. The predicted molar refractivity (Wildman–Crippen MR) is 89.3 cm³/mol. The topological polar surface area (TPSA) is 38.3 Å². The Kier molecular flexibility index (Phi) is 5.59. The van der Waals surface area contributed by atoms with Crippen LogP contribution in [0.4, 0.5) is 0 Å². The summed E-state index contributed by atoms with van der Waals surface area (Å²) < 4.78 is 5.84. The lowest BCUT2D eigenvalue weighted by atomic mass is 10.1. The van der Waals surface area contributed by atoms with Gasteiger partial charge >= 0.3 is 0 Å². The molecule has 0 aliphatic heterocycles. The molecule has 0 aliphatic rings. The highest BCUT2D eigenvalue weighted by molar-refractivity contribution is 5.78. The van der Waals surface area contributed by atoms with Gasteiger partial charge in [0.1, 0.15) is 5.75 Å². The van der Waals surface area contributed by atoms with Crippen LogP contribution < -0.4 is 10.1 Å². The maximum Gasteiger partial charge on any atom is 0.224 e. The van der Waals surface area contributed by atoms with E-state index in [9.17, 15) is 4.79 Å². The minimum absolute atomic E-state index is 0.0333. The van der Waals surface area contributed by atoms with Crippen LogP contribution in [0.1, 0.15) is 22.3 Å². The standard InChI is InChI=1S/C19H23NO2/c1-14-4-9-18(15(2)12-14)22-11-10-16-5-7-17(8-6-16)13-19(21)20-3/h4-9,12H,10-11,13H2,1-3H3,(H,20,21). The zero-order valence-electron chi connectivity index (χ0n) is 13.5. The first kappa shape index (κ1) is 16.1. The normalized spacial score (nSPS) is 10.3. The molecular weight excluding hydrogens is 274 g/mol. The van der Waals surface area contributed by atoms with Gasteiger partial charge in [-0.25, -0.2) is 0 Å². The first-order valence-electron chi connectivity index (χ1n) is 7.57. The van der Waals surface area contributed by atoms with Gasteiger partial charge in [0, 0.05) is 13.5 Å². The Morgan fingerprint density at radius 1 is 1.05 bits per heavy atom. The molecule has 22 heavy (non-hydrogen) atoms. The van der Waals surface area contributed by atoms with Gasteiger partial charge in [-0.3, -0.25) is 4.79 Å². The second kappa shape index (κ2) is 7.64. The van der Waals surface area contributed by atoms with Crippen LogP contribution in [-0.4, -0.2) is 19.6 Å². The molecule has 2 aromatic carbocycles. The number of likely N-dealkylation sites (N-methyl/N-ethyl adjacent to an activating group) is 1. The molecule has 1 amide bonds. The van der Waals surface area contributed by atoms with E-state index in [-0.39, 0.29) is 5.91 Å². The summed E-state index contributed by atoms with van der Waals surface area (Å²) in [5.74, 6) is 0.979. The van der Waals surface area contributed by atoms with Crippen molar-refractivity contribution in [1.29, 1.82) is 0 Å². The zero-order valence-corrected chi connectivity index (χ0v) is 13.5. The van der Waals surface area contributed by atoms with Crippen molar-refractivity contribution in [3.8, 4) is 5.75 Å². The van der Waals surface area contributed by atoms with Crippen LogP contribution in [0.15, 0.2) is 42.5 Å². The first-order chi connectivity index (χ1) is 10.6. The smallest absolute Gasteiger partial charge is 0.224 e. The third-order valence-electron chi connectivity index (χ3n) is 3.65. The Hall–Kier alpha value is -2.29. The molecule has 2 aromatic rings. The zero-order chi connectivity index (χ0) is 15.9. The number of ether oxygens (including phenoxy) is 1. The molecule has 0 bridgehead atoms. The molecule has 0 radical (unpaired) electrons. The van der Waals surface area contributed by atoms with Crippen LogP contribution in [0, 0.1) is 13.8 Å². The third kappa shape index (κ3) is 4.62. The van der Waals surface area contributed by atoms with Crippen LogP contribution in [0.5, 0.6) is 5.75 Å². The van der Waals surface area contributed by atoms with Gasteiger partial charge in [0.2, 0.25) is 5.91 Å². The molecule has 0 saturated carbocycles. The van der Waals surface area contributed by atoms with Crippen LogP contribution in [0.3, 0.4) is 0 Å². The fourth-order valence-electron chi connectivity index (χ4n) is 2.34. The molecule has 0 aliphatic carbocycles. The molecule has 0 unspecified atom stereocenters. The van der Waals surface area contributed by atoms with Crippen molar-refractivity contribution in [2.45, 2.75) is 26.7 Å². The van der Waals surface area contributed by atoms with E-state index in [1.54, 1.807) is 7.05 Å². The Labute approximate surface area is 132 Å². The summed E-state index contributed by atoms with van der Waals surface area (Å²) >= 11 is 0. The van der Waals surface area contributed by atoms with E-state index in [0.717, 1.165) is 17.7 Å². The number of carbonyl (C=O) groups excluding carboxylic acids is 1. The van der Waals surface area contributed by atoms with Gasteiger partial charge in [-0.05, 0) is 36.6 Å². The Bertz CT molecular complexity index is 632. The molecule has 1 N–H and O–H groups in total. The number of aryl methyl sites for hydroxylation is 2. The largest absolute Gasteiger partial charge is 0.493 e. The molecule has 0 atom stereocenters. The molecule has 116 valence electrons. The average molecular weight is 297 g/mol. The molecule has 0 saturated heterocycles. The molecule has 3 nitrogen and oxygen atoms in total. The van der Waals surface area contributed by atoms with Gasteiger partial charge in [-0.1, -0.05) is 42.0 Å². The van der Waals surface area contributed by atoms with Gasteiger partial charge in [-0.15, -0.1) is 0 Å². The van der Waals surface area contributed by atoms with Crippen LogP contribution in [-0.2, 0) is 17.6 Å². The van der Waals surface area contributed by atoms with Gasteiger partial charge in [0.15, 0.2) is 0 Å². The Balaban J connectivity index is 1.85. The summed E-state index contributed by atoms with van der Waals surface area (Å²) in [5, 5.41) is 2.63. The van der Waals surface area contributed by atoms with E-state index in [0.29, 0.717) is 13.0 Å². The van der Waals surface area contributed by atoms with Crippen molar-refractivity contribution >= 4 is 5.91 Å². The molecule has 2 rings (SSSR count). The minimum Gasteiger partial charge on any atom is -0.493 e. The van der Waals surface area contributed by atoms with Crippen molar-refractivity contribution < 1.29 is 9.53 Å². The summed E-state index contributed by atoms with van der Waals surface area (Å²) in [6, 6.07) is 14.3. The minimum atomic E-state index is 0.0333. The van der Waals surface area contributed by atoms with Gasteiger partial charge < -0.3 is 10.1 Å². The van der Waals surface area contributed by atoms with E-state index in [1.807, 2.05) is 18.2 Å². The molecule has 0 aromatic heterocycles. The molecular formula is C19H23NO2. The average Bonchev–Trinajstić information content (AvgIpc) is 2.51. The number of benzene rings is 2. The highest BCUT2D eigenvalue weighted by Crippen LogP contribution is 2.19. The fraction of sp³-hybridized carbons (Fsp3) is 0.316. The number of rotatable bonds is 6. The Morgan fingerprint density at radius 2 is 1.73 bits per heavy atom. The second-order valence-electron chi connectivity index (χ2n) is 5.53. The van der Waals surface area contributed by atoms with E-state index in [1.165, 1.54) is 16.7 Å². The first-order valence-corrected chi connectivity index (χ1v) is 7.57. The quantitative estimate of drug-likeness (QED) is 0.889. The van der Waals surface area contributed by atoms with Crippen molar-refractivity contribution in [2.75, 3.05) is 13.7 Å². The Morgan fingerprint density at radius 3 is 2.36 bits per heavy atom. The van der Waals surface area contributed by atoms with Crippen LogP contribution >= 0.6 is 0 Å². The van der Waals surface area contributed by atoms with E-state index in [4.69, 9.17) is 4.74 Å². The summed E-state index contributed by atoms with van der Waals surface area (Å²) in [6.07, 6.45) is 1.28. The van der Waals surface area contributed by atoms with E-state index < -0.39 is 0 Å². The van der Waals surface area contributed by atoms with E-state index >= 15 is 0 Å². The van der Waals surface area contributed by atoms with Gasteiger partial charge in [0.25, 0.3) is 0 Å². The third-order valence-corrected chi connectivity index (χ3v) is 3.65. The van der Waals surface area contributed by atoms with Crippen molar-refractivity contribution in [3.05, 3.63) is 64.7 Å². The van der Waals surface area contributed by atoms with E-state index in [2.05, 4.69) is 43.4 Å². The lowest BCUT2D eigenvalue weighted by Crippen LogP contribution is -2.19. The number of carbonyl (C=O) groups is 1. The predicted octanol–water partition coefficient (Wildman–Crippen LogP) is 3.21. The monoisotopic (exact) mass is 297 g/mol.